The standard InChI is InChI=1S/C20H28N2O4/c1-19(2,3)26-18(24)22-21-13-9-17(23)16-7-4-6-15(14-16)8-12-20(25)10-5-11-20/h4,6-7,14,17,21,23,25H,5,9-11,13H2,1-3H3,(H,22,24). The average Bonchev–Trinajstić information content (AvgIpc) is 2.53. The smallest absolute Gasteiger partial charge is 0.422 e. The van der Waals surface area contributed by atoms with Crippen molar-refractivity contribution in [2.24, 2.45) is 0 Å². The number of aliphatic hydroxyl groups is 2. The molecule has 1 unspecified atom stereocenters. The molecule has 1 saturated carbocycles. The van der Waals surface area contributed by atoms with Crippen LogP contribution >= 0.6 is 0 Å². The minimum atomic E-state index is -0.841. The molecule has 0 heterocycles. The van der Waals surface area contributed by atoms with Gasteiger partial charge in [-0.25, -0.2) is 10.2 Å². The zero-order chi connectivity index (χ0) is 19.2. The van der Waals surface area contributed by atoms with Gasteiger partial charge in [0, 0.05) is 12.1 Å². The summed E-state index contributed by atoms with van der Waals surface area (Å²) in [5.74, 6) is 5.90. The Morgan fingerprint density at radius 1 is 1.38 bits per heavy atom. The fourth-order valence-electron chi connectivity index (χ4n) is 2.46. The highest BCUT2D eigenvalue weighted by molar-refractivity contribution is 5.66. The number of amides is 1. The largest absolute Gasteiger partial charge is 0.443 e. The molecule has 6 heteroatoms. The summed E-state index contributed by atoms with van der Waals surface area (Å²) in [7, 11) is 0. The van der Waals surface area contributed by atoms with Crippen LogP contribution < -0.4 is 10.9 Å². The third kappa shape index (κ3) is 6.68. The van der Waals surface area contributed by atoms with Gasteiger partial charge in [0.2, 0.25) is 0 Å². The van der Waals surface area contributed by atoms with Crippen LogP contribution in [0.1, 0.15) is 63.7 Å². The average molecular weight is 360 g/mol. The Morgan fingerprint density at radius 3 is 2.73 bits per heavy atom. The van der Waals surface area contributed by atoms with Gasteiger partial charge in [0.15, 0.2) is 0 Å². The molecule has 6 nitrogen and oxygen atoms in total. The highest BCUT2D eigenvalue weighted by Gasteiger charge is 2.32. The second kappa shape index (κ2) is 8.54. The molecule has 0 aromatic heterocycles. The SMILES string of the molecule is CC(C)(C)OC(=O)NNCCC(O)c1cccc(C#CC2(O)CCC2)c1. The van der Waals surface area contributed by atoms with E-state index >= 15 is 0 Å². The fourth-order valence-corrected chi connectivity index (χ4v) is 2.46. The van der Waals surface area contributed by atoms with Crippen LogP contribution in [0.3, 0.4) is 0 Å². The quantitative estimate of drug-likeness (QED) is 0.368. The number of ether oxygens (including phenoxy) is 1. The van der Waals surface area contributed by atoms with Crippen molar-refractivity contribution in [1.29, 1.82) is 0 Å². The molecule has 142 valence electrons. The Balaban J connectivity index is 1.79. The van der Waals surface area contributed by atoms with Gasteiger partial charge >= 0.3 is 6.09 Å². The lowest BCUT2D eigenvalue weighted by Gasteiger charge is -2.30. The van der Waals surface area contributed by atoms with Gasteiger partial charge in [0.1, 0.15) is 11.2 Å². The second-order valence-corrected chi connectivity index (χ2v) is 7.62. The molecular formula is C20H28N2O4. The van der Waals surface area contributed by atoms with Gasteiger partial charge in [-0.3, -0.25) is 5.43 Å². The van der Waals surface area contributed by atoms with E-state index in [-0.39, 0.29) is 0 Å². The van der Waals surface area contributed by atoms with Gasteiger partial charge in [-0.1, -0.05) is 24.0 Å². The molecule has 1 fully saturated rings. The Labute approximate surface area is 154 Å². The summed E-state index contributed by atoms with van der Waals surface area (Å²) >= 11 is 0. The van der Waals surface area contributed by atoms with Gasteiger partial charge in [0.25, 0.3) is 0 Å². The number of hydrogen-bond acceptors (Lipinski definition) is 5. The maximum atomic E-state index is 11.5. The first kappa shape index (κ1) is 20.2. The molecule has 0 saturated heterocycles. The molecule has 2 rings (SSSR count). The summed E-state index contributed by atoms with van der Waals surface area (Å²) in [6.07, 6.45) is 1.62. The highest BCUT2D eigenvalue weighted by Crippen LogP contribution is 2.30. The lowest BCUT2D eigenvalue weighted by Crippen LogP contribution is -2.41. The molecule has 4 N–H and O–H groups in total. The normalized spacial score (nSPS) is 16.7. The molecular weight excluding hydrogens is 332 g/mol. The van der Waals surface area contributed by atoms with Crippen molar-refractivity contribution < 1.29 is 19.7 Å². The van der Waals surface area contributed by atoms with Crippen LogP contribution in [0, 0.1) is 11.8 Å². The maximum absolute atomic E-state index is 11.5. The first-order valence-electron chi connectivity index (χ1n) is 8.92. The molecule has 1 aliphatic carbocycles. The molecule has 1 aliphatic rings. The van der Waals surface area contributed by atoms with E-state index in [1.54, 1.807) is 20.8 Å². The number of hydrazine groups is 1. The van der Waals surface area contributed by atoms with Gasteiger partial charge < -0.3 is 14.9 Å². The molecule has 26 heavy (non-hydrogen) atoms. The maximum Gasteiger partial charge on any atom is 0.422 e. The first-order valence-corrected chi connectivity index (χ1v) is 8.92. The van der Waals surface area contributed by atoms with E-state index in [1.165, 1.54) is 0 Å². The predicted molar refractivity (Wildman–Crippen MR) is 99.1 cm³/mol. The van der Waals surface area contributed by atoms with Gasteiger partial charge in [0.05, 0.1) is 6.10 Å². The molecule has 1 aromatic rings. The number of nitrogens with one attached hydrogen (secondary N) is 2. The number of carbonyl (C=O) groups excluding carboxylic acids is 1. The summed E-state index contributed by atoms with van der Waals surface area (Å²) in [5, 5.41) is 20.3. The van der Waals surface area contributed by atoms with Gasteiger partial charge in [-0.05, 0) is 64.2 Å². The van der Waals surface area contributed by atoms with E-state index in [1.807, 2.05) is 24.3 Å². The van der Waals surface area contributed by atoms with E-state index in [0.717, 1.165) is 30.4 Å². The molecule has 1 atom stereocenters. The summed E-state index contributed by atoms with van der Waals surface area (Å²) in [4.78, 5) is 11.5. The first-order chi connectivity index (χ1) is 12.2. The summed E-state index contributed by atoms with van der Waals surface area (Å²) in [6.45, 7) is 5.75. The number of carbonyl (C=O) groups is 1. The van der Waals surface area contributed by atoms with Crippen LogP contribution in [-0.4, -0.2) is 34.1 Å². The van der Waals surface area contributed by atoms with Crippen molar-refractivity contribution in [2.75, 3.05) is 6.54 Å². The van der Waals surface area contributed by atoms with E-state index in [0.29, 0.717) is 13.0 Å². The van der Waals surface area contributed by atoms with Crippen LogP contribution in [0.2, 0.25) is 0 Å². The number of rotatable bonds is 5. The molecule has 1 amide bonds. The number of aliphatic hydroxyl groups excluding tert-OH is 1. The van der Waals surface area contributed by atoms with Crippen molar-refractivity contribution in [3.05, 3.63) is 35.4 Å². The van der Waals surface area contributed by atoms with Crippen LogP contribution in [0.25, 0.3) is 0 Å². The van der Waals surface area contributed by atoms with Gasteiger partial charge in [-0.2, -0.15) is 0 Å². The van der Waals surface area contributed by atoms with Crippen LogP contribution in [-0.2, 0) is 4.74 Å². The van der Waals surface area contributed by atoms with Crippen LogP contribution in [0.15, 0.2) is 24.3 Å². The summed E-state index contributed by atoms with van der Waals surface area (Å²) in [5.41, 5.74) is 5.29. The van der Waals surface area contributed by atoms with E-state index < -0.39 is 23.4 Å². The minimum absolute atomic E-state index is 0.385. The molecule has 0 bridgehead atoms. The van der Waals surface area contributed by atoms with Crippen molar-refractivity contribution in [3.63, 3.8) is 0 Å². The Kier molecular flexibility index (Phi) is 6.65. The Bertz CT molecular complexity index is 681. The van der Waals surface area contributed by atoms with Crippen LogP contribution in [0.5, 0.6) is 0 Å². The Hall–Kier alpha value is -2.07. The second-order valence-electron chi connectivity index (χ2n) is 7.62. The zero-order valence-electron chi connectivity index (χ0n) is 15.6. The van der Waals surface area contributed by atoms with Crippen molar-refractivity contribution in [1.82, 2.24) is 10.9 Å². The number of hydrogen-bond donors (Lipinski definition) is 4. The zero-order valence-corrected chi connectivity index (χ0v) is 15.6. The third-order valence-electron chi connectivity index (χ3n) is 4.02. The fraction of sp³-hybridized carbons (Fsp3) is 0.550. The lowest BCUT2D eigenvalue weighted by molar-refractivity contribution is 0.0239. The van der Waals surface area contributed by atoms with Crippen molar-refractivity contribution >= 4 is 6.09 Å². The van der Waals surface area contributed by atoms with Gasteiger partial charge in [-0.15, -0.1) is 0 Å². The molecule has 0 radical (unpaired) electrons. The highest BCUT2D eigenvalue weighted by atomic mass is 16.6. The number of benzene rings is 1. The summed E-state index contributed by atoms with van der Waals surface area (Å²) < 4.78 is 5.10. The van der Waals surface area contributed by atoms with E-state index in [4.69, 9.17) is 4.74 Å². The molecule has 0 spiro atoms. The van der Waals surface area contributed by atoms with E-state index in [9.17, 15) is 15.0 Å². The topological polar surface area (TPSA) is 90.8 Å². The Morgan fingerprint density at radius 2 is 2.12 bits per heavy atom. The van der Waals surface area contributed by atoms with Crippen LogP contribution in [0.4, 0.5) is 4.79 Å². The van der Waals surface area contributed by atoms with E-state index in [2.05, 4.69) is 22.7 Å². The lowest BCUT2D eigenvalue weighted by atomic mass is 9.81. The summed E-state index contributed by atoms with van der Waals surface area (Å²) in [6, 6.07) is 7.34. The molecule has 0 aliphatic heterocycles. The van der Waals surface area contributed by atoms with Crippen molar-refractivity contribution in [3.8, 4) is 11.8 Å². The predicted octanol–water partition coefficient (Wildman–Crippen LogP) is 2.41. The van der Waals surface area contributed by atoms with Crippen molar-refractivity contribution in [2.45, 2.75) is 63.8 Å². The molecule has 1 aromatic carbocycles. The monoisotopic (exact) mass is 360 g/mol. The third-order valence-corrected chi connectivity index (χ3v) is 4.02. The minimum Gasteiger partial charge on any atom is -0.443 e.